The van der Waals surface area contributed by atoms with E-state index in [9.17, 15) is 4.79 Å². The fraction of sp³-hybridized carbons (Fsp3) is 0.263. The van der Waals surface area contributed by atoms with Gasteiger partial charge >= 0.3 is 5.97 Å². The molecule has 7 heteroatoms. The molecule has 0 aliphatic heterocycles. The molecule has 0 fully saturated rings. The van der Waals surface area contributed by atoms with E-state index < -0.39 is 5.97 Å². The van der Waals surface area contributed by atoms with Gasteiger partial charge in [-0.25, -0.2) is 4.79 Å². The van der Waals surface area contributed by atoms with Crippen molar-refractivity contribution in [2.24, 2.45) is 5.10 Å². The minimum Gasteiger partial charge on any atom is -0.493 e. The van der Waals surface area contributed by atoms with Crippen molar-refractivity contribution in [2.75, 3.05) is 25.7 Å². The molecule has 0 aromatic heterocycles. The second-order valence-corrected chi connectivity index (χ2v) is 6.22. The predicted molar refractivity (Wildman–Crippen MR) is 105 cm³/mol. The maximum atomic E-state index is 11.5. The Balaban J connectivity index is 2.08. The molecule has 0 aliphatic carbocycles. The van der Waals surface area contributed by atoms with Gasteiger partial charge < -0.3 is 14.2 Å². The van der Waals surface area contributed by atoms with Crippen LogP contribution >= 0.6 is 15.9 Å². The van der Waals surface area contributed by atoms with Crippen LogP contribution in [0.3, 0.4) is 0 Å². The first-order valence-electron chi connectivity index (χ1n) is 8.05. The monoisotopic (exact) mass is 420 g/mol. The number of methoxy groups -OCH3 is 1. The summed E-state index contributed by atoms with van der Waals surface area (Å²) in [5.74, 6) is 0.485. The Morgan fingerprint density at radius 1 is 1.27 bits per heavy atom. The highest BCUT2D eigenvalue weighted by Crippen LogP contribution is 2.36. The normalized spacial score (nSPS) is 10.6. The van der Waals surface area contributed by atoms with Crippen molar-refractivity contribution >= 4 is 33.8 Å². The molecule has 0 bridgehead atoms. The van der Waals surface area contributed by atoms with Gasteiger partial charge in [0, 0.05) is 0 Å². The molecular formula is C19H21BrN2O4. The fourth-order valence-electron chi connectivity index (χ4n) is 2.10. The zero-order valence-corrected chi connectivity index (χ0v) is 16.5. The minimum atomic E-state index is -0.436. The van der Waals surface area contributed by atoms with Gasteiger partial charge in [-0.1, -0.05) is 17.7 Å². The average Bonchev–Trinajstić information content (AvgIpc) is 2.62. The molecule has 0 heterocycles. The molecule has 26 heavy (non-hydrogen) atoms. The summed E-state index contributed by atoms with van der Waals surface area (Å²) in [6.45, 7) is 3.89. The summed E-state index contributed by atoms with van der Waals surface area (Å²) >= 11 is 3.43. The lowest BCUT2D eigenvalue weighted by Gasteiger charge is -2.13. The van der Waals surface area contributed by atoms with Gasteiger partial charge in [-0.3, -0.25) is 5.43 Å². The summed E-state index contributed by atoms with van der Waals surface area (Å²) < 4.78 is 16.4. The van der Waals surface area contributed by atoms with Crippen molar-refractivity contribution < 1.29 is 19.0 Å². The van der Waals surface area contributed by atoms with Crippen molar-refractivity contribution in [2.45, 2.75) is 13.8 Å². The van der Waals surface area contributed by atoms with E-state index in [1.165, 1.54) is 12.7 Å². The molecule has 0 atom stereocenters. The predicted octanol–water partition coefficient (Wildman–Crippen LogP) is 4.15. The molecule has 0 saturated carbocycles. The zero-order chi connectivity index (χ0) is 18.9. The number of nitrogens with zero attached hydrogens (tertiary/aromatic N) is 1. The van der Waals surface area contributed by atoms with Crippen LogP contribution in [0.15, 0.2) is 46.0 Å². The lowest BCUT2D eigenvalue weighted by atomic mass is 10.2. The van der Waals surface area contributed by atoms with Crippen LogP contribution in [0.5, 0.6) is 11.5 Å². The second kappa shape index (κ2) is 9.82. The minimum absolute atomic E-state index is 0.189. The van der Waals surface area contributed by atoms with Crippen LogP contribution in [-0.2, 0) is 9.53 Å². The van der Waals surface area contributed by atoms with Gasteiger partial charge in [0.2, 0.25) is 0 Å². The van der Waals surface area contributed by atoms with Gasteiger partial charge in [0.1, 0.15) is 0 Å². The second-order valence-electron chi connectivity index (χ2n) is 5.36. The van der Waals surface area contributed by atoms with Gasteiger partial charge in [-0.15, -0.1) is 0 Å². The van der Waals surface area contributed by atoms with Crippen LogP contribution < -0.4 is 14.9 Å². The summed E-state index contributed by atoms with van der Waals surface area (Å²) in [6.07, 6.45) is 1.67. The van der Waals surface area contributed by atoms with Gasteiger partial charge in [-0.05, 0) is 59.6 Å². The Kier molecular flexibility index (Phi) is 7.47. The van der Waals surface area contributed by atoms with E-state index in [0.29, 0.717) is 22.6 Å². The van der Waals surface area contributed by atoms with E-state index in [-0.39, 0.29) is 6.61 Å². The summed E-state index contributed by atoms with van der Waals surface area (Å²) in [7, 11) is 1.53. The number of benzene rings is 2. The van der Waals surface area contributed by atoms with Gasteiger partial charge in [-0.2, -0.15) is 5.10 Å². The Morgan fingerprint density at radius 2 is 2.00 bits per heavy atom. The molecule has 0 spiro atoms. The smallest absolute Gasteiger partial charge is 0.344 e. The van der Waals surface area contributed by atoms with E-state index in [4.69, 9.17) is 14.2 Å². The molecule has 1 N–H and O–H groups in total. The van der Waals surface area contributed by atoms with Crippen molar-refractivity contribution in [1.82, 2.24) is 0 Å². The third kappa shape index (κ3) is 5.77. The lowest BCUT2D eigenvalue weighted by molar-refractivity contribution is -0.145. The molecule has 0 amide bonds. The van der Waals surface area contributed by atoms with Crippen molar-refractivity contribution in [1.29, 1.82) is 0 Å². The van der Waals surface area contributed by atoms with Crippen LogP contribution in [0.2, 0.25) is 0 Å². The average molecular weight is 421 g/mol. The fourth-order valence-corrected chi connectivity index (χ4v) is 2.67. The molecule has 2 aromatic rings. The molecule has 6 nitrogen and oxygen atoms in total. The van der Waals surface area contributed by atoms with Crippen LogP contribution in [-0.4, -0.2) is 32.5 Å². The van der Waals surface area contributed by atoms with Crippen molar-refractivity contribution in [3.05, 3.63) is 52.0 Å². The highest BCUT2D eigenvalue weighted by molar-refractivity contribution is 9.10. The summed E-state index contributed by atoms with van der Waals surface area (Å²) in [5, 5.41) is 4.22. The Bertz CT molecular complexity index is 776. The number of carbonyl (C=O) groups is 1. The Labute approximate surface area is 161 Å². The molecule has 0 unspecified atom stereocenters. The van der Waals surface area contributed by atoms with Crippen LogP contribution in [0.25, 0.3) is 0 Å². The first kappa shape index (κ1) is 19.8. The van der Waals surface area contributed by atoms with Gasteiger partial charge in [0.05, 0.1) is 30.1 Å². The number of anilines is 1. The number of hydrogen-bond donors (Lipinski definition) is 1. The first-order valence-corrected chi connectivity index (χ1v) is 8.84. The highest BCUT2D eigenvalue weighted by atomic mass is 79.9. The Morgan fingerprint density at radius 3 is 2.65 bits per heavy atom. The lowest BCUT2D eigenvalue weighted by Crippen LogP contribution is -2.15. The number of rotatable bonds is 8. The number of aryl methyl sites for hydroxylation is 1. The maximum absolute atomic E-state index is 11.5. The van der Waals surface area contributed by atoms with Crippen molar-refractivity contribution in [3.63, 3.8) is 0 Å². The largest absolute Gasteiger partial charge is 0.493 e. The first-order chi connectivity index (χ1) is 12.5. The van der Waals surface area contributed by atoms with Gasteiger partial charge in [0.15, 0.2) is 18.1 Å². The number of ether oxygens (including phenoxy) is 3. The number of nitrogens with one attached hydrogen (secondary N) is 1. The third-order valence-electron chi connectivity index (χ3n) is 3.35. The van der Waals surface area contributed by atoms with Crippen LogP contribution in [0.4, 0.5) is 5.69 Å². The Hall–Kier alpha value is -2.54. The number of halogens is 1. The van der Waals surface area contributed by atoms with E-state index in [2.05, 4.69) is 26.5 Å². The van der Waals surface area contributed by atoms with E-state index in [1.807, 2.05) is 37.3 Å². The quantitative estimate of drug-likeness (QED) is 0.394. The van der Waals surface area contributed by atoms with E-state index in [1.54, 1.807) is 19.2 Å². The van der Waals surface area contributed by atoms with E-state index in [0.717, 1.165) is 11.3 Å². The molecule has 2 rings (SSSR count). The van der Waals surface area contributed by atoms with E-state index >= 15 is 0 Å². The third-order valence-corrected chi connectivity index (χ3v) is 3.94. The van der Waals surface area contributed by atoms with Crippen LogP contribution in [0, 0.1) is 6.92 Å². The SMILES string of the molecule is CCOC(=O)COc1c(Br)cc(/C=N\Nc2ccc(C)cc2)cc1OC. The maximum Gasteiger partial charge on any atom is 0.344 e. The highest BCUT2D eigenvalue weighted by Gasteiger charge is 2.13. The molecule has 2 aromatic carbocycles. The number of carbonyl (C=O) groups excluding carboxylic acids is 1. The van der Waals surface area contributed by atoms with Gasteiger partial charge in [0.25, 0.3) is 0 Å². The number of esters is 1. The molecule has 0 saturated heterocycles. The number of hydrogen-bond acceptors (Lipinski definition) is 6. The summed E-state index contributed by atoms with van der Waals surface area (Å²) in [6, 6.07) is 11.5. The standard InChI is InChI=1S/C19H21BrN2O4/c1-4-25-18(23)12-26-19-16(20)9-14(10-17(19)24-3)11-21-22-15-7-5-13(2)6-8-15/h5-11,22H,4,12H2,1-3H3/b21-11-. The summed E-state index contributed by atoms with van der Waals surface area (Å²) in [5.41, 5.74) is 5.85. The molecule has 0 aliphatic rings. The molecule has 0 radical (unpaired) electrons. The van der Waals surface area contributed by atoms with Crippen LogP contribution in [0.1, 0.15) is 18.1 Å². The summed E-state index contributed by atoms with van der Waals surface area (Å²) in [4.78, 5) is 11.5. The van der Waals surface area contributed by atoms with Crippen molar-refractivity contribution in [3.8, 4) is 11.5 Å². The topological polar surface area (TPSA) is 69.2 Å². The molecule has 138 valence electrons. The molecular weight excluding hydrogens is 400 g/mol. The zero-order valence-electron chi connectivity index (χ0n) is 14.9. The number of hydrazone groups is 1.